The molecule has 0 N–H and O–H groups in total. The zero-order valence-corrected chi connectivity index (χ0v) is 8.25. The number of pyridine rings is 1. The van der Waals surface area contributed by atoms with Crippen LogP contribution in [0, 0.1) is 0 Å². The molecule has 1 aromatic rings. The van der Waals surface area contributed by atoms with Crippen molar-refractivity contribution in [3.63, 3.8) is 0 Å². The van der Waals surface area contributed by atoms with Gasteiger partial charge in [0.2, 0.25) is 0 Å². The van der Waals surface area contributed by atoms with Crippen LogP contribution in [0.15, 0.2) is 30.5 Å². The molecule has 0 spiro atoms. The van der Waals surface area contributed by atoms with Gasteiger partial charge < -0.3 is 0 Å². The minimum atomic E-state index is 0.144. The largest absolute Gasteiger partial charge is 0.288 e. The van der Waals surface area contributed by atoms with E-state index >= 15 is 0 Å². The molecule has 0 aromatic carbocycles. The van der Waals surface area contributed by atoms with E-state index in [1.807, 2.05) is 30.4 Å². The molecule has 0 amide bonds. The number of carbonyl (C=O) groups excluding carboxylic acids is 1. The quantitative estimate of drug-likeness (QED) is 0.738. The lowest BCUT2D eigenvalue weighted by Gasteiger charge is -1.90. The third-order valence-corrected chi connectivity index (χ3v) is 2.12. The number of carbonyl (C=O) groups is 1. The predicted octanol–water partition coefficient (Wildman–Crippen LogP) is 2.37. The third kappa shape index (κ3) is 4.48. The van der Waals surface area contributed by atoms with Gasteiger partial charge in [-0.3, -0.25) is 9.78 Å². The highest BCUT2D eigenvalue weighted by atomic mass is 32.2. The lowest BCUT2D eigenvalue weighted by Crippen LogP contribution is -1.82. The molecule has 13 heavy (non-hydrogen) atoms. The molecule has 0 atom stereocenters. The van der Waals surface area contributed by atoms with Crippen LogP contribution in [-0.4, -0.2) is 15.9 Å². The fourth-order valence-corrected chi connectivity index (χ4v) is 1.24. The Kier molecular flexibility index (Phi) is 4.26. The van der Waals surface area contributed by atoms with Crippen LogP contribution < -0.4 is 0 Å². The fourth-order valence-electron chi connectivity index (χ4n) is 0.809. The van der Waals surface area contributed by atoms with Crippen molar-refractivity contribution in [2.24, 2.45) is 0 Å². The summed E-state index contributed by atoms with van der Waals surface area (Å²) in [6.07, 6.45) is 5.60. The van der Waals surface area contributed by atoms with Gasteiger partial charge in [-0.15, -0.1) is 0 Å². The van der Waals surface area contributed by atoms with Gasteiger partial charge in [-0.25, -0.2) is 0 Å². The Labute approximate surface area is 82.1 Å². The van der Waals surface area contributed by atoms with Gasteiger partial charge in [-0.2, -0.15) is 0 Å². The summed E-state index contributed by atoms with van der Waals surface area (Å²) in [7, 11) is 0. The maximum absolute atomic E-state index is 10.6. The Morgan fingerprint density at radius 1 is 1.62 bits per heavy atom. The van der Waals surface area contributed by atoms with E-state index in [0.29, 0.717) is 5.75 Å². The summed E-state index contributed by atoms with van der Waals surface area (Å²) >= 11 is 1.30. The van der Waals surface area contributed by atoms with Crippen molar-refractivity contribution < 1.29 is 4.79 Å². The van der Waals surface area contributed by atoms with Crippen LogP contribution in [0.25, 0.3) is 6.08 Å². The topological polar surface area (TPSA) is 30.0 Å². The first-order valence-corrected chi connectivity index (χ1v) is 4.98. The summed E-state index contributed by atoms with van der Waals surface area (Å²) in [5, 5.41) is 0.144. The SMILES string of the molecule is CC(=O)SCC=Cc1ccccn1. The van der Waals surface area contributed by atoms with Crippen molar-refractivity contribution >= 4 is 23.0 Å². The van der Waals surface area contributed by atoms with Gasteiger partial charge in [-0.05, 0) is 18.2 Å². The molecule has 1 rings (SSSR count). The maximum Gasteiger partial charge on any atom is 0.186 e. The first-order valence-electron chi connectivity index (χ1n) is 4.00. The van der Waals surface area contributed by atoms with Crippen LogP contribution in [0.5, 0.6) is 0 Å². The van der Waals surface area contributed by atoms with E-state index in [4.69, 9.17) is 0 Å². The van der Waals surface area contributed by atoms with Gasteiger partial charge in [0, 0.05) is 18.9 Å². The Hall–Kier alpha value is -1.09. The lowest BCUT2D eigenvalue weighted by atomic mass is 10.3. The van der Waals surface area contributed by atoms with E-state index < -0.39 is 0 Å². The summed E-state index contributed by atoms with van der Waals surface area (Å²) in [5.41, 5.74) is 0.923. The average Bonchev–Trinajstić information content (AvgIpc) is 2.14. The minimum Gasteiger partial charge on any atom is -0.288 e. The number of hydrogen-bond donors (Lipinski definition) is 0. The summed E-state index contributed by atoms with van der Waals surface area (Å²) in [6, 6.07) is 5.74. The maximum atomic E-state index is 10.6. The normalized spacial score (nSPS) is 10.5. The van der Waals surface area contributed by atoms with Crippen LogP contribution in [-0.2, 0) is 4.79 Å². The van der Waals surface area contributed by atoms with Crippen molar-refractivity contribution in [1.29, 1.82) is 0 Å². The number of hydrogen-bond acceptors (Lipinski definition) is 3. The highest BCUT2D eigenvalue weighted by Crippen LogP contribution is 2.03. The second-order valence-corrected chi connectivity index (χ2v) is 3.66. The Bertz CT molecular complexity index is 295. The highest BCUT2D eigenvalue weighted by Gasteiger charge is 1.89. The summed E-state index contributed by atoms with van der Waals surface area (Å²) in [4.78, 5) is 14.7. The van der Waals surface area contributed by atoms with Gasteiger partial charge >= 0.3 is 0 Å². The van der Waals surface area contributed by atoms with Crippen LogP contribution in [0.1, 0.15) is 12.6 Å². The van der Waals surface area contributed by atoms with Crippen LogP contribution in [0.2, 0.25) is 0 Å². The second-order valence-electron chi connectivity index (χ2n) is 2.46. The lowest BCUT2D eigenvalue weighted by molar-refractivity contribution is -0.109. The molecule has 2 nitrogen and oxygen atoms in total. The zero-order valence-electron chi connectivity index (χ0n) is 7.43. The van der Waals surface area contributed by atoms with E-state index in [9.17, 15) is 4.79 Å². The standard InChI is InChI=1S/C10H11NOS/c1-9(12)13-8-4-6-10-5-2-3-7-11-10/h2-7H,8H2,1H3. The molecular formula is C10H11NOS. The van der Waals surface area contributed by atoms with Crippen molar-refractivity contribution in [2.75, 3.05) is 5.75 Å². The molecule has 0 aliphatic rings. The fraction of sp³-hybridized carbons (Fsp3) is 0.200. The molecule has 0 unspecified atom stereocenters. The summed E-state index contributed by atoms with van der Waals surface area (Å²) in [6.45, 7) is 1.57. The molecule has 0 aliphatic heterocycles. The van der Waals surface area contributed by atoms with Gasteiger partial charge in [0.15, 0.2) is 5.12 Å². The van der Waals surface area contributed by atoms with Crippen molar-refractivity contribution in [2.45, 2.75) is 6.92 Å². The van der Waals surface area contributed by atoms with Gasteiger partial charge in [-0.1, -0.05) is 23.9 Å². The van der Waals surface area contributed by atoms with Gasteiger partial charge in [0.05, 0.1) is 5.69 Å². The number of thioether (sulfide) groups is 1. The minimum absolute atomic E-state index is 0.144. The molecule has 3 heteroatoms. The molecule has 0 saturated heterocycles. The third-order valence-electron chi connectivity index (χ3n) is 1.36. The molecule has 0 radical (unpaired) electrons. The molecule has 0 aliphatic carbocycles. The number of rotatable bonds is 3. The van der Waals surface area contributed by atoms with Crippen molar-refractivity contribution in [3.05, 3.63) is 36.2 Å². The van der Waals surface area contributed by atoms with E-state index in [-0.39, 0.29) is 5.12 Å². The Balaban J connectivity index is 2.37. The zero-order chi connectivity index (χ0) is 9.52. The van der Waals surface area contributed by atoms with Crippen molar-refractivity contribution in [1.82, 2.24) is 4.98 Å². The van der Waals surface area contributed by atoms with E-state index in [0.717, 1.165) is 5.69 Å². The Morgan fingerprint density at radius 3 is 3.08 bits per heavy atom. The molecule has 1 aromatic heterocycles. The molecule has 1 heterocycles. The molecule has 0 fully saturated rings. The van der Waals surface area contributed by atoms with Crippen LogP contribution in [0.3, 0.4) is 0 Å². The molecule has 68 valence electrons. The first kappa shape index (κ1) is 9.99. The highest BCUT2D eigenvalue weighted by molar-refractivity contribution is 8.13. The summed E-state index contributed by atoms with van der Waals surface area (Å²) in [5.74, 6) is 0.714. The second kappa shape index (κ2) is 5.54. The van der Waals surface area contributed by atoms with Crippen molar-refractivity contribution in [3.8, 4) is 0 Å². The molecule has 0 bridgehead atoms. The monoisotopic (exact) mass is 193 g/mol. The van der Waals surface area contributed by atoms with Gasteiger partial charge in [0.25, 0.3) is 0 Å². The van der Waals surface area contributed by atoms with Crippen LogP contribution >= 0.6 is 11.8 Å². The van der Waals surface area contributed by atoms with E-state index in [1.165, 1.54) is 11.8 Å². The van der Waals surface area contributed by atoms with Crippen LogP contribution in [0.4, 0.5) is 0 Å². The number of nitrogens with zero attached hydrogens (tertiary/aromatic N) is 1. The van der Waals surface area contributed by atoms with Gasteiger partial charge in [0.1, 0.15) is 0 Å². The Morgan fingerprint density at radius 2 is 2.46 bits per heavy atom. The van der Waals surface area contributed by atoms with E-state index in [1.54, 1.807) is 13.1 Å². The first-order chi connectivity index (χ1) is 6.29. The smallest absolute Gasteiger partial charge is 0.186 e. The van der Waals surface area contributed by atoms with E-state index in [2.05, 4.69) is 4.98 Å². The average molecular weight is 193 g/mol. The predicted molar refractivity (Wildman–Crippen MR) is 56.4 cm³/mol. The summed E-state index contributed by atoms with van der Waals surface area (Å²) < 4.78 is 0. The molecular weight excluding hydrogens is 182 g/mol. The molecule has 0 saturated carbocycles. The number of aromatic nitrogens is 1.